The van der Waals surface area contributed by atoms with Gasteiger partial charge >= 0.3 is 0 Å². The third-order valence-corrected chi connectivity index (χ3v) is 2.08. The van der Waals surface area contributed by atoms with Gasteiger partial charge in [-0.25, -0.2) is 0 Å². The lowest BCUT2D eigenvalue weighted by Crippen LogP contribution is -2.55. The highest BCUT2D eigenvalue weighted by Crippen LogP contribution is 2.07. The van der Waals surface area contributed by atoms with Gasteiger partial charge in [0.05, 0.1) is 6.54 Å². The van der Waals surface area contributed by atoms with E-state index in [1.54, 1.807) is 21.0 Å². The predicted octanol–water partition coefficient (Wildman–Crippen LogP) is -0.695. The molecule has 1 aliphatic heterocycles. The topological polar surface area (TPSA) is 40.6 Å². The van der Waals surface area contributed by atoms with Crippen molar-refractivity contribution in [1.29, 1.82) is 0 Å². The zero-order valence-corrected chi connectivity index (χ0v) is 7.00. The largest absolute Gasteiger partial charge is 0.335 e. The van der Waals surface area contributed by atoms with E-state index in [1.807, 2.05) is 0 Å². The van der Waals surface area contributed by atoms with Crippen LogP contribution in [0.4, 0.5) is 0 Å². The molecule has 0 aromatic heterocycles. The smallest absolute Gasteiger partial charge is 0.245 e. The molecule has 1 rings (SSSR count). The van der Waals surface area contributed by atoms with Crippen LogP contribution in [0.5, 0.6) is 0 Å². The predicted molar refractivity (Wildman–Crippen MR) is 39.9 cm³/mol. The maximum atomic E-state index is 11.2. The third kappa shape index (κ3) is 1.20. The van der Waals surface area contributed by atoms with Crippen LogP contribution in [-0.4, -0.2) is 48.3 Å². The van der Waals surface area contributed by atoms with Crippen LogP contribution < -0.4 is 0 Å². The van der Waals surface area contributed by atoms with E-state index in [0.29, 0.717) is 0 Å². The minimum absolute atomic E-state index is 0.000370. The Labute approximate surface area is 65.8 Å². The Balaban J connectivity index is 2.78. The normalized spacial score (nSPS) is 26.3. The standard InChI is InChI=1S/C7H12N2O2/c1-5-7(11)8(2)4-6(10)9(5)3/h5H,4H2,1-3H3/t5-/m0/s1. The molecule has 11 heavy (non-hydrogen) atoms. The van der Waals surface area contributed by atoms with Gasteiger partial charge in [-0.1, -0.05) is 0 Å². The molecule has 0 radical (unpaired) electrons. The van der Waals surface area contributed by atoms with Crippen molar-refractivity contribution in [2.75, 3.05) is 20.6 Å². The summed E-state index contributed by atoms with van der Waals surface area (Å²) in [4.78, 5) is 25.2. The molecule has 0 aromatic carbocycles. The highest BCUT2D eigenvalue weighted by molar-refractivity contribution is 5.94. The molecule has 1 heterocycles. The van der Waals surface area contributed by atoms with Gasteiger partial charge in [-0.3, -0.25) is 9.59 Å². The zero-order chi connectivity index (χ0) is 8.59. The molecule has 0 spiro atoms. The molecule has 62 valence electrons. The SMILES string of the molecule is C[C@H]1C(=O)N(C)CC(=O)N1C. The summed E-state index contributed by atoms with van der Waals surface area (Å²) in [5.41, 5.74) is 0. The monoisotopic (exact) mass is 156 g/mol. The molecule has 1 saturated heterocycles. The molecule has 4 nitrogen and oxygen atoms in total. The molecule has 1 atom stereocenters. The number of nitrogens with zero attached hydrogens (tertiary/aromatic N) is 2. The Kier molecular flexibility index (Phi) is 1.85. The van der Waals surface area contributed by atoms with Gasteiger partial charge in [0, 0.05) is 14.1 Å². The average Bonchev–Trinajstić information content (AvgIpc) is 1.97. The second-order valence-corrected chi connectivity index (χ2v) is 2.87. The fraction of sp³-hybridized carbons (Fsp3) is 0.714. The fourth-order valence-corrected chi connectivity index (χ4v) is 1.09. The molecule has 0 unspecified atom stereocenters. The number of hydrogen-bond acceptors (Lipinski definition) is 2. The number of hydrogen-bond donors (Lipinski definition) is 0. The van der Waals surface area contributed by atoms with Crippen LogP contribution in [0.15, 0.2) is 0 Å². The summed E-state index contributed by atoms with van der Waals surface area (Å²) >= 11 is 0. The minimum atomic E-state index is -0.304. The van der Waals surface area contributed by atoms with E-state index in [4.69, 9.17) is 0 Å². The lowest BCUT2D eigenvalue weighted by molar-refractivity contribution is -0.152. The maximum Gasteiger partial charge on any atom is 0.245 e. The van der Waals surface area contributed by atoms with Gasteiger partial charge in [-0.15, -0.1) is 0 Å². The number of carbonyl (C=O) groups excluding carboxylic acids is 2. The molecule has 4 heteroatoms. The van der Waals surface area contributed by atoms with E-state index in [1.165, 1.54) is 9.80 Å². The van der Waals surface area contributed by atoms with Crippen LogP contribution in [0.2, 0.25) is 0 Å². The second-order valence-electron chi connectivity index (χ2n) is 2.87. The highest BCUT2D eigenvalue weighted by atomic mass is 16.2. The van der Waals surface area contributed by atoms with Crippen molar-refractivity contribution in [2.45, 2.75) is 13.0 Å². The molecule has 1 fully saturated rings. The molecule has 0 saturated carbocycles. The van der Waals surface area contributed by atoms with Crippen molar-refractivity contribution < 1.29 is 9.59 Å². The Hall–Kier alpha value is -1.06. The number of carbonyl (C=O) groups is 2. The summed E-state index contributed by atoms with van der Waals surface area (Å²) in [6, 6.07) is -0.304. The van der Waals surface area contributed by atoms with Crippen molar-refractivity contribution in [1.82, 2.24) is 9.80 Å². The van der Waals surface area contributed by atoms with Crippen LogP contribution in [-0.2, 0) is 9.59 Å². The molecule has 0 aliphatic carbocycles. The Morgan fingerprint density at radius 2 is 1.91 bits per heavy atom. The maximum absolute atomic E-state index is 11.2. The average molecular weight is 156 g/mol. The second kappa shape index (κ2) is 2.53. The first kappa shape index (κ1) is 8.04. The number of amides is 2. The zero-order valence-electron chi connectivity index (χ0n) is 7.00. The van der Waals surface area contributed by atoms with Crippen LogP contribution in [0.3, 0.4) is 0 Å². The number of rotatable bonds is 0. The first-order chi connectivity index (χ1) is 5.04. The van der Waals surface area contributed by atoms with Crippen molar-refractivity contribution in [3.8, 4) is 0 Å². The summed E-state index contributed by atoms with van der Waals surface area (Å²) in [5, 5.41) is 0. The molecule has 0 N–H and O–H groups in total. The van der Waals surface area contributed by atoms with Gasteiger partial charge in [0.15, 0.2) is 0 Å². The summed E-state index contributed by atoms with van der Waals surface area (Å²) in [7, 11) is 3.29. The molecular weight excluding hydrogens is 144 g/mol. The van der Waals surface area contributed by atoms with Gasteiger partial charge in [-0.05, 0) is 6.92 Å². The van der Waals surface area contributed by atoms with Crippen molar-refractivity contribution in [2.24, 2.45) is 0 Å². The van der Waals surface area contributed by atoms with Crippen molar-refractivity contribution in [3.63, 3.8) is 0 Å². The van der Waals surface area contributed by atoms with Crippen molar-refractivity contribution in [3.05, 3.63) is 0 Å². The van der Waals surface area contributed by atoms with E-state index in [9.17, 15) is 9.59 Å². The van der Waals surface area contributed by atoms with Crippen LogP contribution in [0.1, 0.15) is 6.92 Å². The first-order valence-electron chi connectivity index (χ1n) is 3.54. The fourth-order valence-electron chi connectivity index (χ4n) is 1.09. The van der Waals surface area contributed by atoms with E-state index in [2.05, 4.69) is 0 Å². The first-order valence-corrected chi connectivity index (χ1v) is 3.54. The molecule has 0 bridgehead atoms. The third-order valence-electron chi connectivity index (χ3n) is 2.08. The van der Waals surface area contributed by atoms with Gasteiger partial charge < -0.3 is 9.80 Å². The van der Waals surface area contributed by atoms with Crippen molar-refractivity contribution >= 4 is 11.8 Å². The van der Waals surface area contributed by atoms with E-state index < -0.39 is 0 Å². The van der Waals surface area contributed by atoms with Gasteiger partial charge in [0.1, 0.15) is 6.04 Å². The van der Waals surface area contributed by atoms with Crippen LogP contribution in [0.25, 0.3) is 0 Å². The van der Waals surface area contributed by atoms with E-state index >= 15 is 0 Å². The Morgan fingerprint density at radius 1 is 1.36 bits per heavy atom. The van der Waals surface area contributed by atoms with Gasteiger partial charge in [-0.2, -0.15) is 0 Å². The Bertz CT molecular complexity index is 203. The number of piperazine rings is 1. The van der Waals surface area contributed by atoms with Crippen LogP contribution >= 0.6 is 0 Å². The van der Waals surface area contributed by atoms with E-state index in [-0.39, 0.29) is 24.4 Å². The Morgan fingerprint density at radius 3 is 2.45 bits per heavy atom. The lowest BCUT2D eigenvalue weighted by atomic mass is 10.2. The lowest BCUT2D eigenvalue weighted by Gasteiger charge is -2.34. The summed E-state index contributed by atoms with van der Waals surface area (Å²) in [6.07, 6.45) is 0. The molecule has 2 amide bonds. The molecule has 1 aliphatic rings. The quantitative estimate of drug-likeness (QED) is 0.465. The molecular formula is C7H12N2O2. The van der Waals surface area contributed by atoms with Gasteiger partial charge in [0.25, 0.3) is 0 Å². The van der Waals surface area contributed by atoms with Crippen LogP contribution in [0, 0.1) is 0 Å². The molecule has 0 aromatic rings. The van der Waals surface area contributed by atoms with E-state index in [0.717, 1.165) is 0 Å². The summed E-state index contributed by atoms with van der Waals surface area (Å²) in [5.74, 6) is 0.00620. The minimum Gasteiger partial charge on any atom is -0.335 e. The number of likely N-dealkylation sites (N-methyl/N-ethyl adjacent to an activating group) is 2. The highest BCUT2D eigenvalue weighted by Gasteiger charge is 2.31. The summed E-state index contributed by atoms with van der Waals surface area (Å²) < 4.78 is 0. The summed E-state index contributed by atoms with van der Waals surface area (Å²) in [6.45, 7) is 1.94. The van der Waals surface area contributed by atoms with Gasteiger partial charge in [0.2, 0.25) is 11.8 Å².